The molecule has 0 saturated heterocycles. The number of benzene rings is 5. The van der Waals surface area contributed by atoms with Crippen molar-refractivity contribution in [3.8, 4) is 0 Å². The van der Waals surface area contributed by atoms with Crippen LogP contribution < -0.4 is 0 Å². The minimum Gasteiger partial charge on any atom is -0.361 e. The molecule has 52 heavy (non-hydrogen) atoms. The molecule has 5 aromatic carbocycles. The van der Waals surface area contributed by atoms with E-state index in [9.17, 15) is 0 Å². The van der Waals surface area contributed by atoms with Gasteiger partial charge in [-0.05, 0) is 65.3 Å². The first-order valence-corrected chi connectivity index (χ1v) is 19.1. The van der Waals surface area contributed by atoms with E-state index in [1.807, 2.05) is 24.5 Å². The summed E-state index contributed by atoms with van der Waals surface area (Å²) >= 11 is 8.01. The summed E-state index contributed by atoms with van der Waals surface area (Å²) in [5.74, 6) is 1.77. The Morgan fingerprint density at radius 3 is 2.06 bits per heavy atom. The summed E-state index contributed by atoms with van der Waals surface area (Å²) in [4.78, 5) is 8.42. The van der Waals surface area contributed by atoms with Crippen LogP contribution >= 0.6 is 23.4 Å². The zero-order valence-electron chi connectivity index (χ0n) is 28.8. The molecule has 0 aliphatic carbocycles. The molecule has 0 amide bonds. The van der Waals surface area contributed by atoms with Crippen LogP contribution in [0.15, 0.2) is 163 Å². The second-order valence-electron chi connectivity index (χ2n) is 13.0. The SMILES string of the molecule is Clc1cccc(CSc2nnc(CCc3c[nH]c4ccccc34)n2CCCc2cn(C(c3ccccc3)(c3ccccc3)c3ccccc3)cn2)c1. The Bertz CT molecular complexity index is 2270. The van der Waals surface area contributed by atoms with E-state index in [2.05, 4.69) is 148 Å². The maximum absolute atomic E-state index is 6.30. The van der Waals surface area contributed by atoms with Crippen molar-refractivity contribution in [3.05, 3.63) is 203 Å². The number of halogens is 1. The summed E-state index contributed by atoms with van der Waals surface area (Å²) in [6.07, 6.45) is 9.75. The van der Waals surface area contributed by atoms with Crippen LogP contribution in [0.3, 0.4) is 0 Å². The zero-order chi connectivity index (χ0) is 35.2. The summed E-state index contributed by atoms with van der Waals surface area (Å²) < 4.78 is 4.60. The molecule has 0 saturated carbocycles. The summed E-state index contributed by atoms with van der Waals surface area (Å²) in [7, 11) is 0. The molecule has 3 heterocycles. The normalized spacial score (nSPS) is 11.7. The van der Waals surface area contributed by atoms with Gasteiger partial charge >= 0.3 is 0 Å². The Kier molecular flexibility index (Phi) is 10.0. The number of imidazole rings is 1. The van der Waals surface area contributed by atoms with Crippen molar-refractivity contribution in [2.75, 3.05) is 0 Å². The van der Waals surface area contributed by atoms with Gasteiger partial charge in [0.25, 0.3) is 0 Å². The molecule has 258 valence electrons. The van der Waals surface area contributed by atoms with Crippen LogP contribution in [0.1, 0.15) is 45.8 Å². The molecule has 8 heteroatoms. The standard InChI is InChI=1S/C44H39ClN6S/c45-38-21-12-14-33(28-38)31-52-43-49-48-42(26-25-34-29-46-41-24-11-10-23-40(34)41)51(43)27-13-22-39-30-50(32-47-39)44(35-15-4-1-5-16-35,36-17-6-2-7-18-36)37-19-8-3-9-20-37/h1-12,14-21,23-24,28-30,32,46H,13,22,25-27,31H2. The number of aryl methyl sites for hydroxylation is 3. The number of hydrogen-bond donors (Lipinski definition) is 1. The average Bonchev–Trinajstić information content (AvgIpc) is 3.94. The maximum Gasteiger partial charge on any atom is 0.191 e. The fraction of sp³-hybridized carbons (Fsp3) is 0.159. The van der Waals surface area contributed by atoms with Crippen LogP contribution in [0.4, 0.5) is 0 Å². The van der Waals surface area contributed by atoms with Gasteiger partial charge in [-0.25, -0.2) is 4.98 Å². The molecule has 0 atom stereocenters. The fourth-order valence-electron chi connectivity index (χ4n) is 7.27. The van der Waals surface area contributed by atoms with Gasteiger partial charge in [0.2, 0.25) is 0 Å². The van der Waals surface area contributed by atoms with Gasteiger partial charge in [-0.3, -0.25) is 0 Å². The minimum absolute atomic E-state index is 0.580. The first kappa shape index (κ1) is 33.8. The number of H-pyrrole nitrogens is 1. The molecular weight excluding hydrogens is 680 g/mol. The molecule has 0 fully saturated rings. The molecule has 8 aromatic rings. The number of aromatic nitrogens is 6. The van der Waals surface area contributed by atoms with Crippen LogP contribution in [0.5, 0.6) is 0 Å². The predicted octanol–water partition coefficient (Wildman–Crippen LogP) is 10.2. The highest BCUT2D eigenvalue weighted by Crippen LogP contribution is 2.41. The molecule has 1 N–H and O–H groups in total. The highest BCUT2D eigenvalue weighted by atomic mass is 35.5. The summed E-state index contributed by atoms with van der Waals surface area (Å²) in [5.41, 5.74) is 7.63. The topological polar surface area (TPSA) is 64.3 Å². The zero-order valence-corrected chi connectivity index (χ0v) is 30.3. The quantitative estimate of drug-likeness (QED) is 0.0898. The third kappa shape index (κ3) is 6.94. The summed E-state index contributed by atoms with van der Waals surface area (Å²) in [6, 6.07) is 48.7. The molecule has 0 radical (unpaired) electrons. The lowest BCUT2D eigenvalue weighted by Gasteiger charge is -2.37. The van der Waals surface area contributed by atoms with Crippen molar-refractivity contribution < 1.29 is 0 Å². The number of nitrogens with one attached hydrogen (secondary N) is 1. The highest BCUT2D eigenvalue weighted by Gasteiger charge is 2.38. The first-order chi connectivity index (χ1) is 25.7. The lowest BCUT2D eigenvalue weighted by Crippen LogP contribution is -2.36. The molecule has 8 rings (SSSR count). The van der Waals surface area contributed by atoms with Gasteiger partial charge < -0.3 is 14.1 Å². The molecule has 3 aromatic heterocycles. The highest BCUT2D eigenvalue weighted by molar-refractivity contribution is 7.98. The Morgan fingerprint density at radius 2 is 1.37 bits per heavy atom. The van der Waals surface area contributed by atoms with Crippen molar-refractivity contribution in [2.24, 2.45) is 0 Å². The average molecular weight is 719 g/mol. The van der Waals surface area contributed by atoms with E-state index in [1.165, 1.54) is 27.6 Å². The number of thioether (sulfide) groups is 1. The fourth-order valence-corrected chi connectivity index (χ4v) is 8.41. The third-order valence-electron chi connectivity index (χ3n) is 9.76. The number of rotatable bonds is 14. The third-order valence-corrected chi connectivity index (χ3v) is 11.0. The number of hydrogen-bond acceptors (Lipinski definition) is 4. The maximum atomic E-state index is 6.30. The van der Waals surface area contributed by atoms with E-state index < -0.39 is 5.54 Å². The van der Waals surface area contributed by atoms with Crippen molar-refractivity contribution in [2.45, 2.75) is 48.7 Å². The molecule has 0 aliphatic rings. The van der Waals surface area contributed by atoms with E-state index in [1.54, 1.807) is 11.8 Å². The van der Waals surface area contributed by atoms with E-state index in [0.717, 1.165) is 70.8 Å². The molecule has 0 bridgehead atoms. The number of fused-ring (bicyclic) bond motifs is 1. The van der Waals surface area contributed by atoms with Crippen LogP contribution in [0.2, 0.25) is 5.02 Å². The van der Waals surface area contributed by atoms with Crippen molar-refractivity contribution in [1.82, 2.24) is 29.3 Å². The number of para-hydroxylation sites is 1. The van der Waals surface area contributed by atoms with Crippen LogP contribution in [0, 0.1) is 0 Å². The predicted molar refractivity (Wildman–Crippen MR) is 212 cm³/mol. The second-order valence-corrected chi connectivity index (χ2v) is 14.4. The Hall–Kier alpha value is -5.37. The molecule has 0 spiro atoms. The van der Waals surface area contributed by atoms with Crippen LogP contribution in [0.25, 0.3) is 10.9 Å². The minimum atomic E-state index is -0.580. The largest absolute Gasteiger partial charge is 0.361 e. The van der Waals surface area contributed by atoms with Crippen molar-refractivity contribution in [3.63, 3.8) is 0 Å². The van der Waals surface area contributed by atoms with Gasteiger partial charge in [-0.15, -0.1) is 10.2 Å². The van der Waals surface area contributed by atoms with Crippen LogP contribution in [-0.4, -0.2) is 29.3 Å². The smallest absolute Gasteiger partial charge is 0.191 e. The van der Waals surface area contributed by atoms with Gasteiger partial charge in [0.1, 0.15) is 11.4 Å². The van der Waals surface area contributed by atoms with E-state index in [-0.39, 0.29) is 0 Å². The Balaban J connectivity index is 1.06. The van der Waals surface area contributed by atoms with Gasteiger partial charge in [0.05, 0.1) is 12.0 Å². The lowest BCUT2D eigenvalue weighted by atomic mass is 9.77. The van der Waals surface area contributed by atoms with E-state index >= 15 is 0 Å². The van der Waals surface area contributed by atoms with Crippen LogP contribution in [-0.2, 0) is 37.1 Å². The molecule has 0 unspecified atom stereocenters. The van der Waals surface area contributed by atoms with Gasteiger partial charge in [-0.1, -0.05) is 145 Å². The first-order valence-electron chi connectivity index (χ1n) is 17.7. The van der Waals surface area contributed by atoms with Gasteiger partial charge in [0.15, 0.2) is 5.16 Å². The number of aromatic amines is 1. The van der Waals surface area contributed by atoms with Gasteiger partial charge in [0, 0.05) is 47.0 Å². The molecule has 6 nitrogen and oxygen atoms in total. The summed E-state index contributed by atoms with van der Waals surface area (Å²) in [6.45, 7) is 0.794. The summed E-state index contributed by atoms with van der Waals surface area (Å²) in [5, 5.41) is 12.4. The monoisotopic (exact) mass is 718 g/mol. The lowest BCUT2D eigenvalue weighted by molar-refractivity contribution is 0.513. The second kappa shape index (κ2) is 15.5. The Morgan fingerprint density at radius 1 is 0.692 bits per heavy atom. The Labute approximate surface area is 313 Å². The van der Waals surface area contributed by atoms with Crippen molar-refractivity contribution >= 4 is 34.3 Å². The van der Waals surface area contributed by atoms with Gasteiger partial charge in [-0.2, -0.15) is 0 Å². The number of nitrogens with zero attached hydrogens (tertiary/aromatic N) is 5. The van der Waals surface area contributed by atoms with Crippen molar-refractivity contribution in [1.29, 1.82) is 0 Å². The van der Waals surface area contributed by atoms with E-state index in [0.29, 0.717) is 0 Å². The van der Waals surface area contributed by atoms with E-state index in [4.69, 9.17) is 26.8 Å². The molecule has 0 aliphatic heterocycles. The molecular formula is C44H39ClN6S.